The Morgan fingerprint density at radius 1 is 0.833 bits per heavy atom. The van der Waals surface area contributed by atoms with Gasteiger partial charge in [-0.2, -0.15) is 4.90 Å². The minimum Gasteiger partial charge on any atom is -0.356 e. The molecule has 4 rings (SSSR count). The predicted molar refractivity (Wildman–Crippen MR) is 116 cm³/mol. The molecule has 1 saturated heterocycles. The molecule has 1 aliphatic rings. The first-order valence-corrected chi connectivity index (χ1v) is 9.72. The summed E-state index contributed by atoms with van der Waals surface area (Å²) in [6.07, 6.45) is 0.0777. The summed E-state index contributed by atoms with van der Waals surface area (Å²) in [7, 11) is 0. The Labute approximate surface area is 174 Å². The van der Waals surface area contributed by atoms with Gasteiger partial charge < -0.3 is 5.32 Å². The normalized spacial score (nSPS) is 16.5. The van der Waals surface area contributed by atoms with Crippen LogP contribution in [0.25, 0.3) is 0 Å². The molecule has 0 saturated carbocycles. The number of anilines is 3. The molecule has 0 spiro atoms. The molecule has 1 atom stereocenters. The number of amides is 4. The maximum Gasteiger partial charge on any atom is 0.338 e. The average molecular weight is 399 g/mol. The number of carbonyl (C=O) groups is 3. The zero-order chi connectivity index (χ0) is 21.1. The van der Waals surface area contributed by atoms with Crippen molar-refractivity contribution >= 4 is 34.9 Å². The van der Waals surface area contributed by atoms with Crippen molar-refractivity contribution in [2.75, 3.05) is 10.2 Å². The highest BCUT2D eigenvalue weighted by Crippen LogP contribution is 2.28. The number of urea groups is 1. The second-order valence-electron chi connectivity index (χ2n) is 7.14. The largest absolute Gasteiger partial charge is 0.356 e. The highest BCUT2D eigenvalue weighted by atomic mass is 16.2. The Balaban J connectivity index is 1.57. The monoisotopic (exact) mass is 399 g/mol. The standard InChI is InChI=1S/C24H21N3O3/c1-17-16-22(28)27(23(29)18-8-4-2-5-9-18)24(30)26(17)21-14-12-20(13-15-21)25-19-10-6-3-7-11-19/h2-15,17,25H,16H2,1H3. The van der Waals surface area contributed by atoms with E-state index in [1.165, 1.54) is 4.90 Å². The summed E-state index contributed by atoms with van der Waals surface area (Å²) in [4.78, 5) is 40.7. The van der Waals surface area contributed by atoms with Gasteiger partial charge in [-0.15, -0.1) is 0 Å². The van der Waals surface area contributed by atoms with E-state index in [1.54, 1.807) is 49.4 Å². The molecule has 1 aliphatic heterocycles. The van der Waals surface area contributed by atoms with Crippen LogP contribution in [-0.4, -0.2) is 28.8 Å². The number of nitrogens with one attached hydrogen (secondary N) is 1. The molecular weight excluding hydrogens is 378 g/mol. The first kappa shape index (κ1) is 19.4. The Hall–Kier alpha value is -3.93. The van der Waals surface area contributed by atoms with Crippen molar-refractivity contribution in [3.8, 4) is 0 Å². The predicted octanol–water partition coefficient (Wildman–Crippen LogP) is 4.82. The molecule has 1 unspecified atom stereocenters. The average Bonchev–Trinajstić information content (AvgIpc) is 2.76. The van der Waals surface area contributed by atoms with Gasteiger partial charge in [0.1, 0.15) is 0 Å². The molecule has 6 nitrogen and oxygen atoms in total. The zero-order valence-corrected chi connectivity index (χ0v) is 16.5. The first-order valence-electron chi connectivity index (χ1n) is 9.72. The van der Waals surface area contributed by atoms with Crippen LogP contribution in [0.2, 0.25) is 0 Å². The van der Waals surface area contributed by atoms with Crippen molar-refractivity contribution in [2.45, 2.75) is 19.4 Å². The van der Waals surface area contributed by atoms with Gasteiger partial charge in [-0.05, 0) is 55.5 Å². The Morgan fingerprint density at radius 3 is 2.03 bits per heavy atom. The fraction of sp³-hybridized carbons (Fsp3) is 0.125. The number of benzene rings is 3. The zero-order valence-electron chi connectivity index (χ0n) is 16.5. The van der Waals surface area contributed by atoms with Crippen LogP contribution in [0, 0.1) is 0 Å². The van der Waals surface area contributed by atoms with Gasteiger partial charge in [0, 0.05) is 35.1 Å². The van der Waals surface area contributed by atoms with Gasteiger partial charge in [0.25, 0.3) is 5.91 Å². The van der Waals surface area contributed by atoms with Crippen molar-refractivity contribution in [2.24, 2.45) is 0 Å². The van der Waals surface area contributed by atoms with Gasteiger partial charge in [0.2, 0.25) is 5.91 Å². The third-order valence-corrected chi connectivity index (χ3v) is 4.99. The maximum absolute atomic E-state index is 13.1. The van der Waals surface area contributed by atoms with Crippen LogP contribution in [0.5, 0.6) is 0 Å². The SMILES string of the molecule is CC1CC(=O)N(C(=O)c2ccccc2)C(=O)N1c1ccc(Nc2ccccc2)cc1. The molecule has 1 fully saturated rings. The van der Waals surface area contributed by atoms with E-state index in [0.29, 0.717) is 11.3 Å². The van der Waals surface area contributed by atoms with Crippen LogP contribution in [0.1, 0.15) is 23.7 Å². The fourth-order valence-electron chi connectivity index (χ4n) is 3.51. The number of hydrogen-bond acceptors (Lipinski definition) is 4. The van der Waals surface area contributed by atoms with Crippen LogP contribution in [-0.2, 0) is 4.79 Å². The van der Waals surface area contributed by atoms with Crippen LogP contribution in [0.3, 0.4) is 0 Å². The summed E-state index contributed by atoms with van der Waals surface area (Å²) in [5, 5.41) is 3.29. The first-order chi connectivity index (χ1) is 14.5. The number of imide groups is 3. The Morgan fingerprint density at radius 2 is 1.40 bits per heavy atom. The molecule has 150 valence electrons. The van der Waals surface area contributed by atoms with Crippen LogP contribution >= 0.6 is 0 Å². The van der Waals surface area contributed by atoms with Crippen molar-refractivity contribution in [1.29, 1.82) is 0 Å². The lowest BCUT2D eigenvalue weighted by Crippen LogP contribution is -2.58. The highest BCUT2D eigenvalue weighted by Gasteiger charge is 2.41. The summed E-state index contributed by atoms with van der Waals surface area (Å²) in [6, 6.07) is 24.5. The number of para-hydroxylation sites is 1. The van der Waals surface area contributed by atoms with E-state index in [4.69, 9.17) is 0 Å². The van der Waals surface area contributed by atoms with Gasteiger partial charge >= 0.3 is 6.03 Å². The summed E-state index contributed by atoms with van der Waals surface area (Å²) >= 11 is 0. The summed E-state index contributed by atoms with van der Waals surface area (Å²) < 4.78 is 0. The van der Waals surface area contributed by atoms with Crippen molar-refractivity contribution < 1.29 is 14.4 Å². The molecule has 6 heteroatoms. The quantitative estimate of drug-likeness (QED) is 0.639. The second kappa shape index (κ2) is 8.21. The fourth-order valence-corrected chi connectivity index (χ4v) is 3.51. The third kappa shape index (κ3) is 3.80. The third-order valence-electron chi connectivity index (χ3n) is 4.99. The Kier molecular flexibility index (Phi) is 5.30. The Bertz CT molecular complexity index is 1070. The lowest BCUT2D eigenvalue weighted by molar-refractivity contribution is -0.127. The molecule has 4 amide bonds. The minimum absolute atomic E-state index is 0.0777. The van der Waals surface area contributed by atoms with Crippen molar-refractivity contribution in [3.63, 3.8) is 0 Å². The molecule has 0 aromatic heterocycles. The minimum atomic E-state index is -0.628. The molecular formula is C24H21N3O3. The maximum atomic E-state index is 13.1. The van der Waals surface area contributed by atoms with E-state index in [1.807, 2.05) is 42.5 Å². The van der Waals surface area contributed by atoms with Gasteiger partial charge in [-0.25, -0.2) is 4.79 Å². The van der Waals surface area contributed by atoms with E-state index >= 15 is 0 Å². The number of hydrogen-bond donors (Lipinski definition) is 1. The number of rotatable bonds is 4. The second-order valence-corrected chi connectivity index (χ2v) is 7.14. The lowest BCUT2D eigenvalue weighted by Gasteiger charge is -2.37. The summed E-state index contributed by atoms with van der Waals surface area (Å²) in [6.45, 7) is 1.80. The van der Waals surface area contributed by atoms with Gasteiger partial charge in [-0.3, -0.25) is 14.5 Å². The highest BCUT2D eigenvalue weighted by molar-refractivity contribution is 6.21. The summed E-state index contributed by atoms with van der Waals surface area (Å²) in [5.41, 5.74) is 2.76. The molecule has 1 heterocycles. The summed E-state index contributed by atoms with van der Waals surface area (Å²) in [5.74, 6) is -1.09. The van der Waals surface area contributed by atoms with Crippen molar-refractivity contribution in [1.82, 2.24) is 4.90 Å². The van der Waals surface area contributed by atoms with Gasteiger partial charge in [0.15, 0.2) is 0 Å². The van der Waals surface area contributed by atoms with E-state index in [0.717, 1.165) is 16.3 Å². The molecule has 0 aliphatic carbocycles. The van der Waals surface area contributed by atoms with E-state index in [2.05, 4.69) is 5.32 Å². The van der Waals surface area contributed by atoms with Gasteiger partial charge in [-0.1, -0.05) is 36.4 Å². The molecule has 30 heavy (non-hydrogen) atoms. The number of nitrogens with zero attached hydrogens (tertiary/aromatic N) is 2. The lowest BCUT2D eigenvalue weighted by atomic mass is 10.1. The van der Waals surface area contributed by atoms with Gasteiger partial charge in [0.05, 0.1) is 0 Å². The van der Waals surface area contributed by atoms with E-state index in [-0.39, 0.29) is 12.5 Å². The van der Waals surface area contributed by atoms with E-state index in [9.17, 15) is 14.4 Å². The molecule has 0 bridgehead atoms. The van der Waals surface area contributed by atoms with Crippen molar-refractivity contribution in [3.05, 3.63) is 90.5 Å². The number of carbonyl (C=O) groups excluding carboxylic acids is 3. The molecule has 0 radical (unpaired) electrons. The van der Waals surface area contributed by atoms with Crippen LogP contribution in [0.15, 0.2) is 84.9 Å². The van der Waals surface area contributed by atoms with E-state index < -0.39 is 17.8 Å². The van der Waals surface area contributed by atoms with Crippen LogP contribution < -0.4 is 10.2 Å². The molecule has 3 aromatic carbocycles. The topological polar surface area (TPSA) is 69.7 Å². The smallest absolute Gasteiger partial charge is 0.338 e. The molecule has 3 aromatic rings. The van der Waals surface area contributed by atoms with Crippen LogP contribution in [0.4, 0.5) is 21.9 Å². The molecule has 1 N–H and O–H groups in total.